The highest BCUT2D eigenvalue weighted by atomic mass is 14.9. The molecule has 1 atom stereocenters. The summed E-state index contributed by atoms with van der Waals surface area (Å²) >= 11 is 0. The maximum atomic E-state index is 3.55. The third-order valence-corrected chi connectivity index (χ3v) is 4.15. The van der Waals surface area contributed by atoms with Gasteiger partial charge in [-0.15, -0.1) is 0 Å². The maximum Gasteiger partial charge on any atom is 0.0343 e. The van der Waals surface area contributed by atoms with Crippen molar-refractivity contribution in [3.63, 3.8) is 0 Å². The molecule has 0 spiro atoms. The van der Waals surface area contributed by atoms with E-state index in [1.54, 1.807) is 0 Å². The van der Waals surface area contributed by atoms with Gasteiger partial charge in [0.25, 0.3) is 0 Å². The molecule has 1 aliphatic rings. The molecule has 0 amide bonds. The smallest absolute Gasteiger partial charge is 0.0343 e. The lowest BCUT2D eigenvalue weighted by molar-refractivity contribution is 0.593. The highest BCUT2D eigenvalue weighted by Gasteiger charge is 2.17. The SMILES string of the molecule is CCC(C)CNc1ccc2c(c1)Cc1ccccc1-2. The van der Waals surface area contributed by atoms with Crippen LogP contribution in [-0.4, -0.2) is 6.54 Å². The molecule has 3 rings (SSSR count). The van der Waals surface area contributed by atoms with Crippen LogP contribution in [0.3, 0.4) is 0 Å². The van der Waals surface area contributed by atoms with Crippen molar-refractivity contribution >= 4 is 5.69 Å². The fraction of sp³-hybridized carbons (Fsp3) is 0.333. The number of fused-ring (bicyclic) bond motifs is 3. The van der Waals surface area contributed by atoms with E-state index in [0.717, 1.165) is 18.9 Å². The number of rotatable bonds is 4. The van der Waals surface area contributed by atoms with Crippen molar-refractivity contribution in [1.82, 2.24) is 0 Å². The fourth-order valence-electron chi connectivity index (χ4n) is 2.69. The molecule has 98 valence electrons. The molecule has 0 bridgehead atoms. The summed E-state index contributed by atoms with van der Waals surface area (Å²) in [6, 6.07) is 15.5. The van der Waals surface area contributed by atoms with E-state index in [1.165, 1.54) is 34.4 Å². The van der Waals surface area contributed by atoms with Gasteiger partial charge in [0.2, 0.25) is 0 Å². The standard InChI is InChI=1S/C18H21N/c1-3-13(2)12-19-16-8-9-18-15(11-16)10-14-6-4-5-7-17(14)18/h4-9,11,13,19H,3,10,12H2,1-2H3. The Morgan fingerprint density at radius 2 is 1.84 bits per heavy atom. The summed E-state index contributed by atoms with van der Waals surface area (Å²) < 4.78 is 0. The topological polar surface area (TPSA) is 12.0 Å². The monoisotopic (exact) mass is 251 g/mol. The van der Waals surface area contributed by atoms with E-state index in [0.29, 0.717) is 0 Å². The molecular weight excluding hydrogens is 230 g/mol. The molecule has 1 aliphatic carbocycles. The summed E-state index contributed by atoms with van der Waals surface area (Å²) in [7, 11) is 0. The molecular formula is C18H21N. The largest absolute Gasteiger partial charge is 0.385 e. The van der Waals surface area contributed by atoms with Gasteiger partial charge in [-0.3, -0.25) is 0 Å². The third-order valence-electron chi connectivity index (χ3n) is 4.15. The first-order chi connectivity index (χ1) is 9.28. The van der Waals surface area contributed by atoms with Crippen LogP contribution in [0.1, 0.15) is 31.4 Å². The number of nitrogens with one attached hydrogen (secondary N) is 1. The summed E-state index contributed by atoms with van der Waals surface area (Å²) in [5, 5.41) is 3.55. The van der Waals surface area contributed by atoms with Crippen LogP contribution in [0.15, 0.2) is 42.5 Å². The van der Waals surface area contributed by atoms with Crippen LogP contribution in [0.4, 0.5) is 5.69 Å². The van der Waals surface area contributed by atoms with Crippen molar-refractivity contribution in [2.24, 2.45) is 5.92 Å². The van der Waals surface area contributed by atoms with Crippen LogP contribution in [0, 0.1) is 5.92 Å². The molecule has 1 N–H and O–H groups in total. The van der Waals surface area contributed by atoms with Crippen molar-refractivity contribution < 1.29 is 0 Å². The number of benzene rings is 2. The Hall–Kier alpha value is -1.76. The molecule has 2 aromatic rings. The van der Waals surface area contributed by atoms with Crippen LogP contribution < -0.4 is 5.32 Å². The zero-order valence-corrected chi connectivity index (χ0v) is 11.7. The Kier molecular flexibility index (Phi) is 3.29. The second-order valence-corrected chi connectivity index (χ2v) is 5.60. The number of anilines is 1. The molecule has 0 aromatic heterocycles. The summed E-state index contributed by atoms with van der Waals surface area (Å²) in [4.78, 5) is 0. The Balaban J connectivity index is 1.81. The van der Waals surface area contributed by atoms with Crippen LogP contribution in [-0.2, 0) is 6.42 Å². The molecule has 1 nitrogen and oxygen atoms in total. The second kappa shape index (κ2) is 5.08. The predicted molar refractivity (Wildman–Crippen MR) is 82.6 cm³/mol. The van der Waals surface area contributed by atoms with Crippen molar-refractivity contribution in [3.05, 3.63) is 53.6 Å². The molecule has 1 unspecified atom stereocenters. The van der Waals surface area contributed by atoms with E-state index in [2.05, 4.69) is 61.6 Å². The van der Waals surface area contributed by atoms with E-state index in [1.807, 2.05) is 0 Å². The fourth-order valence-corrected chi connectivity index (χ4v) is 2.69. The van der Waals surface area contributed by atoms with Gasteiger partial charge in [-0.1, -0.05) is 50.6 Å². The van der Waals surface area contributed by atoms with E-state index >= 15 is 0 Å². The van der Waals surface area contributed by atoms with Gasteiger partial charge >= 0.3 is 0 Å². The minimum absolute atomic E-state index is 0.727. The Labute approximate surface area is 115 Å². The highest BCUT2D eigenvalue weighted by molar-refractivity contribution is 5.78. The van der Waals surface area contributed by atoms with Gasteiger partial charge in [-0.25, -0.2) is 0 Å². The normalized spacial score (nSPS) is 13.8. The molecule has 19 heavy (non-hydrogen) atoms. The summed E-state index contributed by atoms with van der Waals surface area (Å²) in [6.07, 6.45) is 2.30. The van der Waals surface area contributed by atoms with Crippen LogP contribution in [0.5, 0.6) is 0 Å². The highest BCUT2D eigenvalue weighted by Crippen LogP contribution is 2.37. The lowest BCUT2D eigenvalue weighted by Gasteiger charge is -2.12. The first kappa shape index (κ1) is 12.3. The van der Waals surface area contributed by atoms with E-state index in [9.17, 15) is 0 Å². The van der Waals surface area contributed by atoms with Gasteiger partial charge in [-0.05, 0) is 46.7 Å². The zero-order valence-electron chi connectivity index (χ0n) is 11.7. The summed E-state index contributed by atoms with van der Waals surface area (Å²) in [6.45, 7) is 5.59. The van der Waals surface area contributed by atoms with E-state index in [-0.39, 0.29) is 0 Å². The van der Waals surface area contributed by atoms with Crippen molar-refractivity contribution in [2.75, 3.05) is 11.9 Å². The summed E-state index contributed by atoms with van der Waals surface area (Å²) in [5.74, 6) is 0.727. The van der Waals surface area contributed by atoms with Crippen molar-refractivity contribution in [2.45, 2.75) is 26.7 Å². The molecule has 1 heteroatoms. The number of hydrogen-bond acceptors (Lipinski definition) is 1. The first-order valence-electron chi connectivity index (χ1n) is 7.23. The van der Waals surface area contributed by atoms with Gasteiger partial charge < -0.3 is 5.32 Å². The van der Waals surface area contributed by atoms with Gasteiger partial charge in [0.1, 0.15) is 0 Å². The molecule has 0 radical (unpaired) electrons. The molecule has 0 aliphatic heterocycles. The van der Waals surface area contributed by atoms with Crippen LogP contribution in [0.25, 0.3) is 11.1 Å². The lowest BCUT2D eigenvalue weighted by atomic mass is 10.1. The quantitative estimate of drug-likeness (QED) is 0.707. The van der Waals surface area contributed by atoms with Gasteiger partial charge in [0, 0.05) is 12.2 Å². The first-order valence-corrected chi connectivity index (χ1v) is 7.23. The van der Waals surface area contributed by atoms with Gasteiger partial charge in [0.05, 0.1) is 0 Å². The minimum atomic E-state index is 0.727. The Bertz CT molecular complexity index is 586. The van der Waals surface area contributed by atoms with Crippen LogP contribution in [0.2, 0.25) is 0 Å². The zero-order chi connectivity index (χ0) is 13.2. The molecule has 2 aromatic carbocycles. The Morgan fingerprint density at radius 1 is 1.05 bits per heavy atom. The van der Waals surface area contributed by atoms with E-state index < -0.39 is 0 Å². The number of hydrogen-bond donors (Lipinski definition) is 1. The summed E-state index contributed by atoms with van der Waals surface area (Å²) in [5.41, 5.74) is 6.98. The van der Waals surface area contributed by atoms with Crippen molar-refractivity contribution in [3.8, 4) is 11.1 Å². The van der Waals surface area contributed by atoms with Gasteiger partial charge in [-0.2, -0.15) is 0 Å². The Morgan fingerprint density at radius 3 is 2.68 bits per heavy atom. The molecule has 0 saturated heterocycles. The minimum Gasteiger partial charge on any atom is -0.385 e. The second-order valence-electron chi connectivity index (χ2n) is 5.60. The predicted octanol–water partition coefficient (Wildman–Crippen LogP) is 4.72. The average Bonchev–Trinajstić information content (AvgIpc) is 2.82. The van der Waals surface area contributed by atoms with Crippen LogP contribution >= 0.6 is 0 Å². The van der Waals surface area contributed by atoms with E-state index in [4.69, 9.17) is 0 Å². The van der Waals surface area contributed by atoms with Gasteiger partial charge in [0.15, 0.2) is 0 Å². The average molecular weight is 251 g/mol. The lowest BCUT2D eigenvalue weighted by Crippen LogP contribution is -2.10. The molecule has 0 saturated carbocycles. The maximum absolute atomic E-state index is 3.55. The third kappa shape index (κ3) is 2.37. The molecule has 0 fully saturated rings. The van der Waals surface area contributed by atoms with Crippen molar-refractivity contribution in [1.29, 1.82) is 0 Å². The molecule has 0 heterocycles.